The molecule has 0 fully saturated rings. The summed E-state index contributed by atoms with van der Waals surface area (Å²) in [6, 6.07) is 4.37. The molecule has 0 aliphatic rings. The number of imidazole rings is 1. The van der Waals surface area contributed by atoms with Crippen molar-refractivity contribution in [2.45, 2.75) is 26.7 Å². The molecule has 1 unspecified atom stereocenters. The summed E-state index contributed by atoms with van der Waals surface area (Å²) in [7, 11) is 3.58. The van der Waals surface area contributed by atoms with Crippen LogP contribution in [0.3, 0.4) is 0 Å². The third-order valence-electron chi connectivity index (χ3n) is 3.86. The van der Waals surface area contributed by atoms with E-state index in [2.05, 4.69) is 11.1 Å². The predicted octanol–water partition coefficient (Wildman–Crippen LogP) is 3.01. The molecule has 0 spiro atoms. The molecule has 0 aliphatic heterocycles. The Morgan fingerprint density at radius 2 is 2.00 bits per heavy atom. The maximum absolute atomic E-state index is 9.61. The topological polar surface area (TPSA) is 50.8 Å². The molecule has 1 aromatic carbocycles. The minimum atomic E-state index is -0.361. The molecule has 0 saturated heterocycles. The molecule has 1 heterocycles. The van der Waals surface area contributed by atoms with Gasteiger partial charge in [-0.3, -0.25) is 0 Å². The Hall–Kier alpha value is -2.28. The number of benzene rings is 1. The lowest BCUT2D eigenvalue weighted by Gasteiger charge is -2.19. The molecule has 0 amide bonds. The van der Waals surface area contributed by atoms with Gasteiger partial charge >= 0.3 is 0 Å². The minimum Gasteiger partial charge on any atom is -0.496 e. The number of rotatable bonds is 3. The normalized spacial score (nSPS) is 12.0. The smallest absolute Gasteiger partial charge is 0.130 e. The standard InChI is InChI=1S/C16H19N3O/c1-10-8-14(20-5)11(2)12(3)15(10)13(9-17)16-18-6-7-19(16)4/h6-8,13H,1-5H3. The van der Waals surface area contributed by atoms with Crippen molar-refractivity contribution >= 4 is 0 Å². The molecule has 104 valence electrons. The van der Waals surface area contributed by atoms with E-state index in [4.69, 9.17) is 4.74 Å². The van der Waals surface area contributed by atoms with Crippen LogP contribution >= 0.6 is 0 Å². The second-order valence-corrected chi connectivity index (χ2v) is 5.02. The van der Waals surface area contributed by atoms with E-state index in [1.807, 2.05) is 44.6 Å². The number of hydrogen-bond donors (Lipinski definition) is 0. The molecular formula is C16H19N3O. The Morgan fingerprint density at radius 3 is 2.50 bits per heavy atom. The van der Waals surface area contributed by atoms with Crippen molar-refractivity contribution in [2.24, 2.45) is 7.05 Å². The first-order chi connectivity index (χ1) is 9.51. The Balaban J connectivity index is 2.66. The van der Waals surface area contributed by atoms with Gasteiger partial charge in [0.05, 0.1) is 13.2 Å². The summed E-state index contributed by atoms with van der Waals surface area (Å²) >= 11 is 0. The lowest BCUT2D eigenvalue weighted by molar-refractivity contribution is 0.410. The monoisotopic (exact) mass is 269 g/mol. The summed E-state index contributed by atoms with van der Waals surface area (Å²) in [5.74, 6) is 1.27. The molecular weight excluding hydrogens is 250 g/mol. The van der Waals surface area contributed by atoms with Crippen LogP contribution in [-0.4, -0.2) is 16.7 Å². The Morgan fingerprint density at radius 1 is 1.30 bits per heavy atom. The highest BCUT2D eigenvalue weighted by atomic mass is 16.5. The molecule has 4 nitrogen and oxygen atoms in total. The highest BCUT2D eigenvalue weighted by Crippen LogP contribution is 2.34. The number of ether oxygens (including phenoxy) is 1. The highest BCUT2D eigenvalue weighted by Gasteiger charge is 2.23. The lowest BCUT2D eigenvalue weighted by atomic mass is 9.88. The fraction of sp³-hybridized carbons (Fsp3) is 0.375. The summed E-state index contributed by atoms with van der Waals surface area (Å²) in [6.07, 6.45) is 3.58. The van der Waals surface area contributed by atoms with Crippen molar-refractivity contribution in [1.82, 2.24) is 9.55 Å². The van der Waals surface area contributed by atoms with Gasteiger partial charge in [-0.1, -0.05) is 0 Å². The number of aromatic nitrogens is 2. The molecule has 20 heavy (non-hydrogen) atoms. The zero-order valence-corrected chi connectivity index (χ0v) is 12.6. The van der Waals surface area contributed by atoms with Crippen LogP contribution in [0.1, 0.15) is 34.0 Å². The van der Waals surface area contributed by atoms with E-state index < -0.39 is 0 Å². The molecule has 0 radical (unpaired) electrons. The predicted molar refractivity (Wildman–Crippen MR) is 77.9 cm³/mol. The second-order valence-electron chi connectivity index (χ2n) is 5.02. The molecule has 0 saturated carbocycles. The van der Waals surface area contributed by atoms with Crippen molar-refractivity contribution in [3.8, 4) is 11.8 Å². The summed E-state index contributed by atoms with van der Waals surface area (Å²) in [6.45, 7) is 6.06. The first-order valence-corrected chi connectivity index (χ1v) is 6.52. The average Bonchev–Trinajstić information content (AvgIpc) is 2.85. The van der Waals surface area contributed by atoms with Gasteiger partial charge < -0.3 is 9.30 Å². The molecule has 0 bridgehead atoms. The van der Waals surface area contributed by atoms with Gasteiger partial charge in [-0.2, -0.15) is 5.26 Å². The van der Waals surface area contributed by atoms with E-state index >= 15 is 0 Å². The molecule has 4 heteroatoms. The van der Waals surface area contributed by atoms with Crippen molar-refractivity contribution in [3.05, 3.63) is 46.5 Å². The van der Waals surface area contributed by atoms with Crippen LogP contribution in [0.15, 0.2) is 18.5 Å². The van der Waals surface area contributed by atoms with Crippen LogP contribution in [0.5, 0.6) is 5.75 Å². The first kappa shape index (κ1) is 14.1. The van der Waals surface area contributed by atoms with Gasteiger partial charge in [0.1, 0.15) is 17.5 Å². The van der Waals surface area contributed by atoms with E-state index in [1.165, 1.54) is 0 Å². The van der Waals surface area contributed by atoms with Crippen LogP contribution < -0.4 is 4.74 Å². The third kappa shape index (κ3) is 2.16. The third-order valence-corrected chi connectivity index (χ3v) is 3.86. The fourth-order valence-electron chi connectivity index (χ4n) is 2.63. The summed E-state index contributed by atoms with van der Waals surface area (Å²) < 4.78 is 7.28. The van der Waals surface area contributed by atoms with Crippen molar-refractivity contribution in [1.29, 1.82) is 5.26 Å². The van der Waals surface area contributed by atoms with Crippen molar-refractivity contribution in [2.75, 3.05) is 7.11 Å². The van der Waals surface area contributed by atoms with Crippen LogP contribution in [0.2, 0.25) is 0 Å². The maximum atomic E-state index is 9.61. The molecule has 2 rings (SSSR count). The van der Waals surface area contributed by atoms with E-state index in [0.717, 1.165) is 33.8 Å². The number of aryl methyl sites for hydroxylation is 2. The first-order valence-electron chi connectivity index (χ1n) is 6.52. The molecule has 0 aliphatic carbocycles. The average molecular weight is 269 g/mol. The van der Waals surface area contributed by atoms with Gasteiger partial charge in [-0.15, -0.1) is 0 Å². The Kier molecular flexibility index (Phi) is 3.80. The minimum absolute atomic E-state index is 0.361. The van der Waals surface area contributed by atoms with Crippen LogP contribution in [0.25, 0.3) is 0 Å². The number of methoxy groups -OCH3 is 1. The van der Waals surface area contributed by atoms with Crippen LogP contribution in [0, 0.1) is 32.1 Å². The largest absolute Gasteiger partial charge is 0.496 e. The molecule has 0 N–H and O–H groups in total. The van der Waals surface area contributed by atoms with Gasteiger partial charge in [0, 0.05) is 19.4 Å². The second kappa shape index (κ2) is 5.38. The van der Waals surface area contributed by atoms with E-state index in [1.54, 1.807) is 13.3 Å². The quantitative estimate of drug-likeness (QED) is 0.860. The van der Waals surface area contributed by atoms with Gasteiger partial charge in [0.25, 0.3) is 0 Å². The van der Waals surface area contributed by atoms with Gasteiger partial charge in [-0.05, 0) is 49.1 Å². The molecule has 1 aromatic heterocycles. The van der Waals surface area contributed by atoms with Gasteiger partial charge in [0.15, 0.2) is 0 Å². The van der Waals surface area contributed by atoms with Gasteiger partial charge in [0.2, 0.25) is 0 Å². The lowest BCUT2D eigenvalue weighted by Crippen LogP contribution is -2.10. The van der Waals surface area contributed by atoms with Crippen LogP contribution in [-0.2, 0) is 7.05 Å². The summed E-state index contributed by atoms with van der Waals surface area (Å²) in [5.41, 5.74) is 4.25. The number of hydrogen-bond acceptors (Lipinski definition) is 3. The van der Waals surface area contributed by atoms with E-state index in [0.29, 0.717) is 0 Å². The summed E-state index contributed by atoms with van der Waals surface area (Å²) in [5, 5.41) is 9.61. The van der Waals surface area contributed by atoms with Crippen molar-refractivity contribution in [3.63, 3.8) is 0 Å². The zero-order chi connectivity index (χ0) is 14.9. The Labute approximate surface area is 119 Å². The van der Waals surface area contributed by atoms with Crippen LogP contribution in [0.4, 0.5) is 0 Å². The number of nitrogens with zero attached hydrogens (tertiary/aromatic N) is 3. The number of nitriles is 1. The Bertz CT molecular complexity index is 680. The van der Waals surface area contributed by atoms with E-state index in [9.17, 15) is 5.26 Å². The maximum Gasteiger partial charge on any atom is 0.130 e. The highest BCUT2D eigenvalue weighted by molar-refractivity contribution is 5.52. The summed E-state index contributed by atoms with van der Waals surface area (Å²) in [4.78, 5) is 4.33. The fourth-order valence-corrected chi connectivity index (χ4v) is 2.63. The SMILES string of the molecule is COc1cc(C)c(C(C#N)c2nccn2C)c(C)c1C. The molecule has 2 aromatic rings. The zero-order valence-electron chi connectivity index (χ0n) is 12.6. The van der Waals surface area contributed by atoms with Crippen molar-refractivity contribution < 1.29 is 4.74 Å². The van der Waals surface area contributed by atoms with Gasteiger partial charge in [-0.25, -0.2) is 4.98 Å². The molecule has 1 atom stereocenters. The van der Waals surface area contributed by atoms with E-state index in [-0.39, 0.29) is 5.92 Å².